The molecule has 0 amide bonds. The van der Waals surface area contributed by atoms with Crippen molar-refractivity contribution in [3.05, 3.63) is 24.3 Å². The maximum Gasteiger partial charge on any atom is 0.386 e. The number of anilines is 2. The number of hydrogen-bond donors (Lipinski definition) is 4. The fourth-order valence-electron chi connectivity index (χ4n) is 6.32. The second kappa shape index (κ2) is 10.9. The maximum atomic E-state index is 16.4. The zero-order valence-corrected chi connectivity index (χ0v) is 27.5. The van der Waals surface area contributed by atoms with Gasteiger partial charge in [-0.2, -0.15) is 9.97 Å². The average molecular weight is 737 g/mol. The summed E-state index contributed by atoms with van der Waals surface area (Å²) in [6, 6.07) is -0.361. The van der Waals surface area contributed by atoms with Crippen molar-refractivity contribution in [2.45, 2.75) is 48.8 Å². The molecule has 3 aliphatic heterocycles. The number of alkyl halides is 1. The van der Waals surface area contributed by atoms with Gasteiger partial charge in [-0.05, 0) is 11.6 Å². The number of nitrogens with zero attached hydrogens (tertiary/aromatic N) is 8. The van der Waals surface area contributed by atoms with Crippen LogP contribution in [0.5, 0.6) is 0 Å². The number of nitrogens with two attached hydrogens (primary N) is 2. The molecule has 4 aromatic rings. The van der Waals surface area contributed by atoms with Crippen LogP contribution in [0, 0.1) is 5.92 Å². The van der Waals surface area contributed by atoms with Crippen molar-refractivity contribution in [3.8, 4) is 0 Å². The zero-order valence-electron chi connectivity index (χ0n) is 23.1. The topological polar surface area (TPSA) is 229 Å². The highest BCUT2D eigenvalue weighted by Gasteiger charge is 2.67. The van der Waals surface area contributed by atoms with Crippen LogP contribution in [0.2, 0.25) is 5.28 Å². The molecule has 0 radical (unpaired) electrons. The minimum atomic E-state index is -4.28. The molecule has 0 bridgehead atoms. The molecule has 7 heterocycles. The Labute approximate surface area is 273 Å². The molecule has 8 rings (SSSR count). The molecule has 4 N–H and O–H groups in total. The van der Waals surface area contributed by atoms with Gasteiger partial charge in [0, 0.05) is 12.3 Å². The Bertz CT molecular complexity index is 1980. The van der Waals surface area contributed by atoms with Crippen LogP contribution >= 0.6 is 49.7 Å². The molecule has 46 heavy (non-hydrogen) atoms. The quantitative estimate of drug-likeness (QED) is 0.132. The summed E-state index contributed by atoms with van der Waals surface area (Å²) in [6.07, 6.45) is -1.84. The fourth-order valence-corrected chi connectivity index (χ4v) is 9.81. The minimum absolute atomic E-state index is 0.0610. The SMILES string of the molecule is Nc1nc(Cl)nc2c1ncn2[C@@H]1C2O[C@@H]3CO[P@@](=O)(S)OC4(CCO[P@@](=O)(S)OC3C21)CO[C@@H](n1cnc2c(N)ncnc21)C4F. The first-order chi connectivity index (χ1) is 21.9. The summed E-state index contributed by atoms with van der Waals surface area (Å²) in [5, 5.41) is -0.0610. The molecule has 0 aromatic carbocycles. The monoisotopic (exact) mass is 736 g/mol. The van der Waals surface area contributed by atoms with Crippen molar-refractivity contribution in [2.75, 3.05) is 31.3 Å². The largest absolute Gasteiger partial charge is 0.386 e. The van der Waals surface area contributed by atoms with Gasteiger partial charge in [0.25, 0.3) is 0 Å². The van der Waals surface area contributed by atoms with Crippen LogP contribution < -0.4 is 11.5 Å². The standard InChI is InChI=1S/C22H24ClFN10O8P2S2/c23-21-31-17(26)11-19(32-21)33(6-29-11)12-9-13-8(40-14(9)12)3-39-44(36,46)42-22(1-2-38-43(35,45)41-13)4-37-20(15(22)24)34-7-30-10-16(25)27-5-28-18(10)34/h5-9,12-15,20H,1-4H2,(H,35,45)(H,36,46)(H2,25,27,28)(H2,26,31,32)/t8-,9?,12+,13?,14?,15?,20-,22?,43-,44-/m1/s1. The Hall–Kier alpha value is -2.16. The molecule has 4 aliphatic rings. The number of rotatable bonds is 2. The van der Waals surface area contributed by atoms with Gasteiger partial charge in [0.1, 0.15) is 35.2 Å². The average Bonchev–Trinajstić information content (AvgIpc) is 3.38. The second-order valence-corrected chi connectivity index (χ2v) is 17.2. The van der Waals surface area contributed by atoms with Crippen molar-refractivity contribution in [3.63, 3.8) is 0 Å². The molecule has 10 atom stereocenters. The molecular weight excluding hydrogens is 713 g/mol. The summed E-state index contributed by atoms with van der Waals surface area (Å²) in [7, 11) is 0. The van der Waals surface area contributed by atoms with Crippen molar-refractivity contribution >= 4 is 83.7 Å². The molecule has 1 spiro atoms. The predicted octanol–water partition coefficient (Wildman–Crippen LogP) is 2.94. The van der Waals surface area contributed by atoms with Gasteiger partial charge in [0.2, 0.25) is 5.28 Å². The molecule has 24 heteroatoms. The number of imidazole rings is 2. The number of nitrogen functional groups attached to an aromatic ring is 2. The van der Waals surface area contributed by atoms with Gasteiger partial charge in [-0.15, -0.1) is 0 Å². The number of hydrogen-bond acceptors (Lipinski definition) is 16. The van der Waals surface area contributed by atoms with Crippen LogP contribution in [0.1, 0.15) is 18.7 Å². The van der Waals surface area contributed by atoms with Crippen LogP contribution in [0.15, 0.2) is 19.0 Å². The molecule has 18 nitrogen and oxygen atoms in total. The zero-order chi connectivity index (χ0) is 32.2. The maximum absolute atomic E-state index is 16.4. The Morgan fingerprint density at radius 3 is 2.54 bits per heavy atom. The van der Waals surface area contributed by atoms with Crippen LogP contribution in [0.25, 0.3) is 22.3 Å². The van der Waals surface area contributed by atoms with Gasteiger partial charge in [0.15, 0.2) is 35.3 Å². The van der Waals surface area contributed by atoms with E-state index in [2.05, 4.69) is 54.4 Å². The van der Waals surface area contributed by atoms with E-state index >= 15 is 4.39 Å². The summed E-state index contributed by atoms with van der Waals surface area (Å²) in [6.45, 7) is -9.52. The number of halogens is 2. The van der Waals surface area contributed by atoms with Gasteiger partial charge in [-0.25, -0.2) is 33.5 Å². The molecule has 4 aromatic heterocycles. The van der Waals surface area contributed by atoms with E-state index in [1.54, 1.807) is 4.57 Å². The number of aromatic nitrogens is 8. The lowest BCUT2D eigenvalue weighted by atomic mass is 9.96. The van der Waals surface area contributed by atoms with Crippen LogP contribution in [0.3, 0.4) is 0 Å². The highest BCUT2D eigenvalue weighted by Crippen LogP contribution is 2.65. The van der Waals surface area contributed by atoms with Crippen molar-refractivity contribution in [2.24, 2.45) is 5.92 Å². The first-order valence-corrected chi connectivity index (χ1v) is 19.5. The molecule has 4 fully saturated rings. The van der Waals surface area contributed by atoms with Crippen molar-refractivity contribution < 1.29 is 41.1 Å². The Morgan fingerprint density at radius 1 is 0.978 bits per heavy atom. The van der Waals surface area contributed by atoms with Crippen LogP contribution in [-0.4, -0.2) is 88.9 Å². The Kier molecular flexibility index (Phi) is 7.40. The molecule has 1 aliphatic carbocycles. The summed E-state index contributed by atoms with van der Waals surface area (Å²) in [4.78, 5) is 24.6. The highest BCUT2D eigenvalue weighted by atomic mass is 35.5. The summed E-state index contributed by atoms with van der Waals surface area (Å²) in [5.41, 5.74) is 11.1. The third kappa shape index (κ3) is 5.11. The molecular formula is C22H24ClFN10O8P2S2. The number of thiol groups is 2. The van der Waals surface area contributed by atoms with Crippen molar-refractivity contribution in [1.82, 2.24) is 39.0 Å². The van der Waals surface area contributed by atoms with E-state index in [-0.39, 0.29) is 59.7 Å². The lowest BCUT2D eigenvalue weighted by molar-refractivity contribution is -0.0484. The van der Waals surface area contributed by atoms with Gasteiger partial charge in [-0.1, -0.05) is 24.5 Å². The third-order valence-corrected chi connectivity index (χ3v) is 11.9. The van der Waals surface area contributed by atoms with Gasteiger partial charge >= 0.3 is 13.6 Å². The Morgan fingerprint density at radius 2 is 1.74 bits per heavy atom. The first kappa shape index (κ1) is 31.1. The molecule has 3 saturated heterocycles. The molecule has 1 saturated carbocycles. The number of ether oxygens (including phenoxy) is 2. The predicted molar refractivity (Wildman–Crippen MR) is 164 cm³/mol. The normalized spacial score (nSPS) is 39.7. The van der Waals surface area contributed by atoms with E-state index in [4.69, 9.17) is 50.6 Å². The Balaban J connectivity index is 1.04. The van der Waals surface area contributed by atoms with Gasteiger partial charge in [-0.3, -0.25) is 18.1 Å². The summed E-state index contributed by atoms with van der Waals surface area (Å²) in [5.74, 6) is -0.184. The fraction of sp³-hybridized carbons (Fsp3) is 0.545. The second-order valence-electron chi connectivity index (χ2n) is 11.1. The number of fused-ring (bicyclic) bond motifs is 5. The highest BCUT2D eigenvalue weighted by molar-refractivity contribution is 8.44. The van der Waals surface area contributed by atoms with Gasteiger partial charge in [0.05, 0.1) is 44.6 Å². The lowest BCUT2D eigenvalue weighted by Gasteiger charge is -2.34. The lowest BCUT2D eigenvalue weighted by Crippen LogP contribution is -2.43. The van der Waals surface area contributed by atoms with Gasteiger partial charge < -0.3 is 30.0 Å². The van der Waals surface area contributed by atoms with Crippen LogP contribution in [0.4, 0.5) is 16.0 Å². The van der Waals surface area contributed by atoms with E-state index in [1.807, 2.05) is 0 Å². The minimum Gasteiger partial charge on any atom is -0.382 e. The van der Waals surface area contributed by atoms with E-state index in [0.717, 1.165) is 0 Å². The molecule has 246 valence electrons. The van der Waals surface area contributed by atoms with E-state index in [9.17, 15) is 9.13 Å². The smallest absolute Gasteiger partial charge is 0.382 e. The van der Waals surface area contributed by atoms with Crippen LogP contribution in [-0.2, 0) is 36.7 Å². The van der Waals surface area contributed by atoms with Crippen molar-refractivity contribution in [1.29, 1.82) is 0 Å². The third-order valence-electron chi connectivity index (χ3n) is 8.44. The van der Waals surface area contributed by atoms with E-state index in [1.165, 1.54) is 23.5 Å². The first-order valence-electron chi connectivity index (χ1n) is 13.7. The molecule has 5 unspecified atom stereocenters. The summed E-state index contributed by atoms with van der Waals surface area (Å²) >= 11 is 14.3. The summed E-state index contributed by atoms with van der Waals surface area (Å²) < 4.78 is 81.3. The van der Waals surface area contributed by atoms with E-state index in [0.29, 0.717) is 11.2 Å². The van der Waals surface area contributed by atoms with E-state index < -0.39 is 56.5 Å².